The van der Waals surface area contributed by atoms with E-state index in [9.17, 15) is 29.1 Å². The summed E-state index contributed by atoms with van der Waals surface area (Å²) in [5, 5.41) is 34.0. The van der Waals surface area contributed by atoms with Crippen molar-refractivity contribution in [3.05, 3.63) is 0 Å². The van der Waals surface area contributed by atoms with Crippen LogP contribution in [0.4, 0.5) is 0 Å². The Hall–Kier alpha value is -3.46. The number of hydrogen-bond donors (Lipinski definition) is 9. The van der Waals surface area contributed by atoms with Crippen molar-refractivity contribution in [2.45, 2.75) is 63.4 Å². The molecule has 0 radical (unpaired) electrons. The van der Waals surface area contributed by atoms with Gasteiger partial charge in [0.15, 0.2) is 5.96 Å². The number of carbonyl (C=O) groups is 5. The van der Waals surface area contributed by atoms with E-state index in [1.807, 2.05) is 0 Å². The Morgan fingerprint density at radius 2 is 1.47 bits per heavy atom. The fraction of sp³-hybridized carbons (Fsp3) is 0.647. The van der Waals surface area contributed by atoms with Crippen LogP contribution >= 0.6 is 0 Å². The summed E-state index contributed by atoms with van der Waals surface area (Å²) in [5.74, 6) is -5.76. The van der Waals surface area contributed by atoms with Crippen molar-refractivity contribution in [2.75, 3.05) is 6.54 Å². The molecule has 5 unspecified atom stereocenters. The van der Waals surface area contributed by atoms with Crippen LogP contribution in [0.5, 0.6) is 0 Å². The summed E-state index contributed by atoms with van der Waals surface area (Å²) in [6.45, 7) is 2.71. The highest BCUT2D eigenvalue weighted by Gasteiger charge is 2.30. The molecule has 3 amide bonds. The van der Waals surface area contributed by atoms with Crippen molar-refractivity contribution in [1.82, 2.24) is 16.0 Å². The Labute approximate surface area is 183 Å². The van der Waals surface area contributed by atoms with Gasteiger partial charge >= 0.3 is 11.9 Å². The van der Waals surface area contributed by atoms with E-state index < -0.39 is 66.4 Å². The zero-order valence-electron chi connectivity index (χ0n) is 17.8. The molecule has 0 aromatic rings. The molecule has 15 heteroatoms. The van der Waals surface area contributed by atoms with Gasteiger partial charge in [0.05, 0.1) is 12.5 Å². The fourth-order valence-corrected chi connectivity index (χ4v) is 2.31. The number of aliphatic hydroxyl groups is 1. The van der Waals surface area contributed by atoms with Gasteiger partial charge in [0.25, 0.3) is 0 Å². The smallest absolute Gasteiger partial charge is 0.326 e. The SMILES string of the molecule is CC(NC(=O)C(N)C(C)O)C(=O)NC(CCCN=C(N)N)C(=O)NC(CC(=O)O)C(=O)O. The van der Waals surface area contributed by atoms with Crippen molar-refractivity contribution in [3.63, 3.8) is 0 Å². The van der Waals surface area contributed by atoms with Gasteiger partial charge in [-0.05, 0) is 26.7 Å². The zero-order valence-corrected chi connectivity index (χ0v) is 17.8. The highest BCUT2D eigenvalue weighted by molar-refractivity contribution is 5.94. The average Bonchev–Trinajstić information content (AvgIpc) is 2.67. The third-order valence-electron chi connectivity index (χ3n) is 4.15. The van der Waals surface area contributed by atoms with Gasteiger partial charge in [0.2, 0.25) is 17.7 Å². The number of aliphatic hydroxyl groups excluding tert-OH is 1. The molecule has 0 heterocycles. The van der Waals surface area contributed by atoms with E-state index in [-0.39, 0.29) is 25.3 Å². The number of aliphatic carboxylic acids is 2. The van der Waals surface area contributed by atoms with Gasteiger partial charge in [-0.1, -0.05) is 0 Å². The summed E-state index contributed by atoms with van der Waals surface area (Å²) in [7, 11) is 0. The van der Waals surface area contributed by atoms with Gasteiger partial charge < -0.3 is 48.5 Å². The molecule has 0 aromatic carbocycles. The summed E-state index contributed by atoms with van der Waals surface area (Å²) < 4.78 is 0. The van der Waals surface area contributed by atoms with Gasteiger partial charge in [0, 0.05) is 6.54 Å². The molecular formula is C17H31N7O8. The van der Waals surface area contributed by atoms with E-state index >= 15 is 0 Å². The summed E-state index contributed by atoms with van der Waals surface area (Å²) in [5.41, 5.74) is 15.9. The monoisotopic (exact) mass is 461 g/mol. The van der Waals surface area contributed by atoms with Crippen LogP contribution in [-0.4, -0.2) is 87.8 Å². The fourth-order valence-electron chi connectivity index (χ4n) is 2.31. The Kier molecular flexibility index (Phi) is 12.3. The molecule has 0 fully saturated rings. The first kappa shape index (κ1) is 28.5. The first-order valence-corrected chi connectivity index (χ1v) is 9.61. The van der Waals surface area contributed by atoms with Crippen molar-refractivity contribution in [3.8, 4) is 0 Å². The molecule has 32 heavy (non-hydrogen) atoms. The lowest BCUT2D eigenvalue weighted by atomic mass is 10.1. The molecule has 5 atom stereocenters. The number of carboxylic acid groups (broad SMARTS) is 2. The topological polar surface area (TPSA) is 273 Å². The molecule has 15 nitrogen and oxygen atoms in total. The van der Waals surface area contributed by atoms with Crippen LogP contribution < -0.4 is 33.2 Å². The number of amides is 3. The van der Waals surface area contributed by atoms with Crippen LogP contribution in [-0.2, 0) is 24.0 Å². The minimum absolute atomic E-state index is 0.0262. The molecule has 12 N–H and O–H groups in total. The van der Waals surface area contributed by atoms with Crippen molar-refractivity contribution in [2.24, 2.45) is 22.2 Å². The highest BCUT2D eigenvalue weighted by Crippen LogP contribution is 2.03. The molecule has 0 rings (SSSR count). The Bertz CT molecular complexity index is 724. The maximum absolute atomic E-state index is 12.5. The Morgan fingerprint density at radius 3 is 1.94 bits per heavy atom. The van der Waals surface area contributed by atoms with E-state index in [4.69, 9.17) is 27.4 Å². The van der Waals surface area contributed by atoms with Crippen molar-refractivity contribution in [1.29, 1.82) is 0 Å². The minimum atomic E-state index is -1.72. The molecular weight excluding hydrogens is 430 g/mol. The van der Waals surface area contributed by atoms with E-state index in [1.165, 1.54) is 13.8 Å². The molecule has 0 spiro atoms. The van der Waals surface area contributed by atoms with Gasteiger partial charge in [-0.3, -0.25) is 24.2 Å². The molecule has 0 bridgehead atoms. The first-order chi connectivity index (χ1) is 14.8. The maximum atomic E-state index is 12.5. The maximum Gasteiger partial charge on any atom is 0.326 e. The standard InChI is InChI=1S/C17H31N7O8/c1-7(22-15(30)12(18)8(2)25)13(28)23-9(4-3-5-21-17(19)20)14(29)24-10(16(31)32)6-11(26)27/h7-10,12,25H,3-6,18H2,1-2H3,(H,22,30)(H,23,28)(H,24,29)(H,26,27)(H,31,32)(H4,19,20,21). The van der Waals surface area contributed by atoms with Crippen LogP contribution in [0.3, 0.4) is 0 Å². The zero-order chi connectivity index (χ0) is 25.0. The summed E-state index contributed by atoms with van der Waals surface area (Å²) in [4.78, 5) is 62.6. The predicted molar refractivity (Wildman–Crippen MR) is 111 cm³/mol. The summed E-state index contributed by atoms with van der Waals surface area (Å²) in [6, 6.07) is -5.44. The second-order valence-corrected chi connectivity index (χ2v) is 7.00. The van der Waals surface area contributed by atoms with Crippen molar-refractivity contribution >= 4 is 35.6 Å². The Morgan fingerprint density at radius 1 is 0.906 bits per heavy atom. The van der Waals surface area contributed by atoms with Crippen LogP contribution in [0.2, 0.25) is 0 Å². The van der Waals surface area contributed by atoms with Gasteiger partial charge in [0.1, 0.15) is 24.2 Å². The molecule has 182 valence electrons. The van der Waals surface area contributed by atoms with Gasteiger partial charge in [-0.25, -0.2) is 4.79 Å². The average molecular weight is 461 g/mol. The normalized spacial score (nSPS) is 15.2. The van der Waals surface area contributed by atoms with Crippen LogP contribution in [0, 0.1) is 0 Å². The molecule has 0 saturated heterocycles. The van der Waals surface area contributed by atoms with E-state index in [0.29, 0.717) is 0 Å². The number of hydrogen-bond acceptors (Lipinski definition) is 8. The third kappa shape index (κ3) is 11.1. The molecule has 0 aliphatic heterocycles. The summed E-state index contributed by atoms with van der Waals surface area (Å²) in [6.07, 6.45) is -1.86. The second-order valence-electron chi connectivity index (χ2n) is 7.00. The van der Waals surface area contributed by atoms with Crippen LogP contribution in [0.1, 0.15) is 33.1 Å². The summed E-state index contributed by atoms with van der Waals surface area (Å²) >= 11 is 0. The lowest BCUT2D eigenvalue weighted by Crippen LogP contribution is -2.57. The number of guanidine groups is 1. The van der Waals surface area contributed by atoms with E-state index in [1.54, 1.807) is 0 Å². The molecule has 0 aliphatic carbocycles. The lowest BCUT2D eigenvalue weighted by molar-refractivity contribution is -0.147. The van der Waals surface area contributed by atoms with Gasteiger partial charge in [-0.15, -0.1) is 0 Å². The minimum Gasteiger partial charge on any atom is -0.481 e. The number of aliphatic imine (C=N–C) groups is 1. The number of nitrogens with one attached hydrogen (secondary N) is 3. The predicted octanol–water partition coefficient (Wildman–Crippen LogP) is -4.22. The highest BCUT2D eigenvalue weighted by atomic mass is 16.4. The second kappa shape index (κ2) is 13.8. The Balaban J connectivity index is 5.29. The quantitative estimate of drug-likeness (QED) is 0.0679. The van der Waals surface area contributed by atoms with E-state index in [0.717, 1.165) is 0 Å². The van der Waals surface area contributed by atoms with E-state index in [2.05, 4.69) is 20.9 Å². The number of carboxylic acids is 2. The third-order valence-corrected chi connectivity index (χ3v) is 4.15. The number of nitrogens with zero attached hydrogens (tertiary/aromatic N) is 1. The lowest BCUT2D eigenvalue weighted by Gasteiger charge is -2.23. The largest absolute Gasteiger partial charge is 0.481 e. The van der Waals surface area contributed by atoms with Gasteiger partial charge in [-0.2, -0.15) is 0 Å². The number of rotatable bonds is 14. The molecule has 0 aromatic heterocycles. The van der Waals surface area contributed by atoms with Crippen molar-refractivity contribution < 1.29 is 39.3 Å². The molecule has 0 aliphatic rings. The number of nitrogens with two attached hydrogens (primary N) is 3. The van der Waals surface area contributed by atoms with Crippen LogP contribution in [0.25, 0.3) is 0 Å². The van der Waals surface area contributed by atoms with Crippen LogP contribution in [0.15, 0.2) is 4.99 Å². The number of carbonyl (C=O) groups excluding carboxylic acids is 3. The molecule has 0 saturated carbocycles. The first-order valence-electron chi connectivity index (χ1n) is 9.61.